The minimum atomic E-state index is -0.456. The fourth-order valence-electron chi connectivity index (χ4n) is 3.75. The number of methoxy groups -OCH3 is 1. The quantitative estimate of drug-likeness (QED) is 0.745. The Morgan fingerprint density at radius 3 is 2.50 bits per heavy atom. The van der Waals surface area contributed by atoms with Gasteiger partial charge in [0.05, 0.1) is 11.4 Å². The van der Waals surface area contributed by atoms with Gasteiger partial charge in [-0.2, -0.15) is 0 Å². The summed E-state index contributed by atoms with van der Waals surface area (Å²) in [6.07, 6.45) is 2.02. The minimum absolute atomic E-state index is 0.0165. The predicted octanol–water partition coefficient (Wildman–Crippen LogP) is 4.22. The van der Waals surface area contributed by atoms with Crippen molar-refractivity contribution >= 4 is 23.0 Å². The zero-order valence-electron chi connectivity index (χ0n) is 17.5. The molecule has 0 aliphatic carbocycles. The minimum Gasteiger partial charge on any atom is -0.398 e. The molecule has 26 heavy (non-hydrogen) atoms. The van der Waals surface area contributed by atoms with Crippen LogP contribution in [-0.4, -0.2) is 32.7 Å². The maximum Gasteiger partial charge on any atom is 0.229 e. The summed E-state index contributed by atoms with van der Waals surface area (Å²) >= 11 is 0. The molecular weight excluding hydrogens is 326 g/mol. The number of ether oxygens (including phenoxy) is 1. The van der Waals surface area contributed by atoms with Crippen molar-refractivity contribution in [3.8, 4) is 0 Å². The number of nitrogen functional groups attached to an aromatic ring is 1. The molecule has 3 N–H and O–H groups in total. The van der Waals surface area contributed by atoms with Crippen LogP contribution in [0, 0.1) is 19.3 Å². The summed E-state index contributed by atoms with van der Waals surface area (Å²) in [6, 6.07) is 0. The fraction of sp³-hybridized carbons (Fsp3) is 0.667. The number of rotatable bonds is 6. The van der Waals surface area contributed by atoms with Crippen LogP contribution in [0.1, 0.15) is 63.1 Å². The largest absolute Gasteiger partial charge is 0.398 e. The van der Waals surface area contributed by atoms with Crippen LogP contribution in [0.2, 0.25) is 0 Å². The number of hydrogen-bond donors (Lipinski definition) is 2. The highest BCUT2D eigenvalue weighted by Crippen LogP contribution is 2.49. The van der Waals surface area contributed by atoms with E-state index in [-0.39, 0.29) is 5.91 Å². The number of anilines is 3. The van der Waals surface area contributed by atoms with Gasteiger partial charge in [0, 0.05) is 43.8 Å². The van der Waals surface area contributed by atoms with Crippen LogP contribution < -0.4 is 16.0 Å². The second-order valence-corrected chi connectivity index (χ2v) is 8.43. The van der Waals surface area contributed by atoms with Crippen molar-refractivity contribution in [2.45, 2.75) is 60.3 Å². The van der Waals surface area contributed by atoms with Gasteiger partial charge < -0.3 is 20.7 Å². The zero-order valence-corrected chi connectivity index (χ0v) is 17.5. The molecule has 5 heteroatoms. The molecule has 1 aromatic rings. The number of hydrogen-bond acceptors (Lipinski definition) is 4. The third kappa shape index (κ3) is 3.83. The van der Waals surface area contributed by atoms with E-state index in [9.17, 15) is 4.79 Å². The zero-order chi connectivity index (χ0) is 19.6. The number of nitrogens with one attached hydrogen (secondary N) is 1. The summed E-state index contributed by atoms with van der Waals surface area (Å²) in [5.41, 5.74) is 12.2. The summed E-state index contributed by atoms with van der Waals surface area (Å²) in [5, 5.41) is 3.19. The van der Waals surface area contributed by atoms with Crippen molar-refractivity contribution in [3.63, 3.8) is 0 Å². The Hall–Kier alpha value is -1.75. The first-order valence-corrected chi connectivity index (χ1v) is 9.61. The first kappa shape index (κ1) is 20.6. The predicted molar refractivity (Wildman–Crippen MR) is 110 cm³/mol. The van der Waals surface area contributed by atoms with E-state index < -0.39 is 5.41 Å². The Bertz CT molecular complexity index is 677. The molecule has 0 saturated carbocycles. The van der Waals surface area contributed by atoms with Gasteiger partial charge in [-0.15, -0.1) is 0 Å². The lowest BCUT2D eigenvalue weighted by molar-refractivity contribution is -0.123. The first-order valence-electron chi connectivity index (χ1n) is 9.61. The number of fused-ring (bicyclic) bond motifs is 1. The number of nitrogens with two attached hydrogens (primary N) is 1. The second kappa shape index (κ2) is 7.87. The van der Waals surface area contributed by atoms with Gasteiger partial charge >= 0.3 is 0 Å². The van der Waals surface area contributed by atoms with E-state index in [1.165, 1.54) is 5.56 Å². The van der Waals surface area contributed by atoms with Gasteiger partial charge in [-0.3, -0.25) is 4.79 Å². The van der Waals surface area contributed by atoms with E-state index in [1.807, 2.05) is 27.7 Å². The second-order valence-electron chi connectivity index (χ2n) is 8.43. The van der Waals surface area contributed by atoms with Gasteiger partial charge in [0.25, 0.3) is 0 Å². The lowest BCUT2D eigenvalue weighted by Gasteiger charge is -2.27. The standard InChI is InChI=1S/C21H35N3O2/c1-8-10-24-12-15(9-11-26-7)16-13(2)17(22)14(3)18(19(16)24)23-20(25)21(4,5)6/h15H,8-12,22H2,1-7H3,(H,23,25). The van der Waals surface area contributed by atoms with Crippen molar-refractivity contribution in [1.29, 1.82) is 0 Å². The molecule has 0 bridgehead atoms. The Labute approximate surface area is 158 Å². The molecule has 146 valence electrons. The van der Waals surface area contributed by atoms with E-state index >= 15 is 0 Å². The fourth-order valence-corrected chi connectivity index (χ4v) is 3.75. The third-order valence-corrected chi connectivity index (χ3v) is 5.33. The molecule has 2 rings (SSSR count). The summed E-state index contributed by atoms with van der Waals surface area (Å²) in [4.78, 5) is 15.1. The van der Waals surface area contributed by atoms with Gasteiger partial charge in [-0.1, -0.05) is 27.7 Å². The smallest absolute Gasteiger partial charge is 0.229 e. The summed E-state index contributed by atoms with van der Waals surface area (Å²) in [6.45, 7) is 14.7. The van der Waals surface area contributed by atoms with Gasteiger partial charge in [-0.05, 0) is 43.4 Å². The molecular formula is C21H35N3O2. The molecule has 1 amide bonds. The van der Waals surface area contributed by atoms with Gasteiger partial charge in [-0.25, -0.2) is 0 Å². The van der Waals surface area contributed by atoms with Crippen LogP contribution in [0.25, 0.3) is 0 Å². The maximum atomic E-state index is 12.7. The molecule has 0 radical (unpaired) electrons. The van der Waals surface area contributed by atoms with Gasteiger partial charge in [0.1, 0.15) is 0 Å². The Balaban J connectivity index is 2.60. The molecule has 1 unspecified atom stereocenters. The van der Waals surface area contributed by atoms with Crippen LogP contribution in [0.3, 0.4) is 0 Å². The molecule has 1 aliphatic rings. The topological polar surface area (TPSA) is 67.6 Å². The number of amides is 1. The molecule has 1 atom stereocenters. The SMILES string of the molecule is CCCN1CC(CCOC)c2c(C)c(N)c(C)c(NC(=O)C(C)(C)C)c21. The lowest BCUT2D eigenvalue weighted by Crippen LogP contribution is -2.30. The summed E-state index contributed by atoms with van der Waals surface area (Å²) < 4.78 is 5.33. The molecule has 1 aromatic carbocycles. The molecule has 0 fully saturated rings. The number of carbonyl (C=O) groups excluding carboxylic acids is 1. The van der Waals surface area contributed by atoms with E-state index in [4.69, 9.17) is 10.5 Å². The highest BCUT2D eigenvalue weighted by molar-refractivity contribution is 6.01. The Morgan fingerprint density at radius 2 is 1.96 bits per heavy atom. The molecule has 0 aromatic heterocycles. The first-order chi connectivity index (χ1) is 12.1. The monoisotopic (exact) mass is 361 g/mol. The Kier molecular flexibility index (Phi) is 6.22. The molecule has 0 spiro atoms. The van der Waals surface area contributed by atoms with Crippen LogP contribution in [0.4, 0.5) is 17.1 Å². The normalized spacial score (nSPS) is 16.7. The highest BCUT2D eigenvalue weighted by atomic mass is 16.5. The maximum absolute atomic E-state index is 12.7. The van der Waals surface area contributed by atoms with Crippen molar-refractivity contribution in [3.05, 3.63) is 16.7 Å². The lowest BCUT2D eigenvalue weighted by atomic mass is 9.89. The van der Waals surface area contributed by atoms with Crippen molar-refractivity contribution < 1.29 is 9.53 Å². The number of benzene rings is 1. The summed E-state index contributed by atoms with van der Waals surface area (Å²) in [5.74, 6) is 0.396. The van der Waals surface area contributed by atoms with E-state index in [0.29, 0.717) is 5.92 Å². The van der Waals surface area contributed by atoms with Gasteiger partial charge in [0.2, 0.25) is 5.91 Å². The van der Waals surface area contributed by atoms with Crippen LogP contribution in [0.15, 0.2) is 0 Å². The van der Waals surface area contributed by atoms with Gasteiger partial charge in [0.15, 0.2) is 0 Å². The Morgan fingerprint density at radius 1 is 1.31 bits per heavy atom. The van der Waals surface area contributed by atoms with Crippen LogP contribution in [0.5, 0.6) is 0 Å². The van der Waals surface area contributed by atoms with Crippen molar-refractivity contribution in [2.75, 3.05) is 42.8 Å². The molecule has 0 saturated heterocycles. The van der Waals surface area contributed by atoms with E-state index in [2.05, 4.69) is 24.1 Å². The third-order valence-electron chi connectivity index (χ3n) is 5.33. The molecule has 1 heterocycles. The van der Waals surface area contributed by atoms with Crippen LogP contribution >= 0.6 is 0 Å². The molecule has 5 nitrogen and oxygen atoms in total. The average Bonchev–Trinajstić information content (AvgIpc) is 2.92. The van der Waals surface area contributed by atoms with E-state index in [0.717, 1.165) is 60.7 Å². The molecule has 1 aliphatic heterocycles. The highest BCUT2D eigenvalue weighted by Gasteiger charge is 2.35. The van der Waals surface area contributed by atoms with Crippen molar-refractivity contribution in [1.82, 2.24) is 0 Å². The average molecular weight is 362 g/mol. The van der Waals surface area contributed by atoms with Crippen LogP contribution in [-0.2, 0) is 9.53 Å². The van der Waals surface area contributed by atoms with E-state index in [1.54, 1.807) is 7.11 Å². The summed E-state index contributed by atoms with van der Waals surface area (Å²) in [7, 11) is 1.74. The van der Waals surface area contributed by atoms with Crippen molar-refractivity contribution in [2.24, 2.45) is 5.41 Å². The number of carbonyl (C=O) groups is 1. The number of nitrogens with zero attached hydrogens (tertiary/aromatic N) is 1.